The molecule has 0 bridgehead atoms. The van der Waals surface area contributed by atoms with Gasteiger partial charge in [-0.05, 0) is 30.2 Å². The molecule has 3 nitrogen and oxygen atoms in total. The summed E-state index contributed by atoms with van der Waals surface area (Å²) in [4.78, 5) is 2.47. The maximum Gasteiger partial charge on any atom is 0.0598 e. The fourth-order valence-electron chi connectivity index (χ4n) is 2.70. The van der Waals surface area contributed by atoms with Crippen molar-refractivity contribution in [3.8, 4) is 0 Å². The molecule has 1 fully saturated rings. The second-order valence-corrected chi connectivity index (χ2v) is 6.95. The van der Waals surface area contributed by atoms with E-state index in [1.807, 2.05) is 18.3 Å². The van der Waals surface area contributed by atoms with E-state index in [9.17, 15) is 0 Å². The summed E-state index contributed by atoms with van der Waals surface area (Å²) in [6.07, 6.45) is 1.85. The monoisotopic (exact) mass is 397 g/mol. The van der Waals surface area contributed by atoms with Crippen molar-refractivity contribution in [2.45, 2.75) is 13.5 Å². The fourth-order valence-corrected chi connectivity index (χ4v) is 3.01. The van der Waals surface area contributed by atoms with Crippen molar-refractivity contribution in [2.75, 3.05) is 26.2 Å². The SMILES string of the molecule is Cc1ccc(CN2CCN(/N=C/c3ccc(Cl)c(Cl)c3)CC2)cc1.Cl. The number of rotatable bonds is 4. The molecule has 0 spiro atoms. The van der Waals surface area contributed by atoms with Crippen LogP contribution in [0.2, 0.25) is 10.0 Å². The lowest BCUT2D eigenvalue weighted by Crippen LogP contribution is -2.43. The number of aryl methyl sites for hydroxylation is 1. The molecule has 0 aromatic heterocycles. The molecule has 0 atom stereocenters. The Balaban J connectivity index is 0.00000225. The van der Waals surface area contributed by atoms with Gasteiger partial charge in [-0.15, -0.1) is 12.4 Å². The molecule has 2 aromatic carbocycles. The van der Waals surface area contributed by atoms with Gasteiger partial charge in [0, 0.05) is 32.7 Å². The molecule has 0 unspecified atom stereocenters. The zero-order valence-corrected chi connectivity index (χ0v) is 16.5. The highest BCUT2D eigenvalue weighted by molar-refractivity contribution is 6.42. The van der Waals surface area contributed by atoms with Crippen LogP contribution in [0.4, 0.5) is 0 Å². The summed E-state index contributed by atoms with van der Waals surface area (Å²) >= 11 is 12.0. The summed E-state index contributed by atoms with van der Waals surface area (Å²) in [6.45, 7) is 7.03. The third kappa shape index (κ3) is 5.89. The third-order valence-electron chi connectivity index (χ3n) is 4.19. The van der Waals surface area contributed by atoms with Crippen LogP contribution in [0.25, 0.3) is 0 Å². The maximum absolute atomic E-state index is 6.03. The van der Waals surface area contributed by atoms with Crippen LogP contribution in [0, 0.1) is 6.92 Å². The molecular weight excluding hydrogens is 377 g/mol. The van der Waals surface area contributed by atoms with Gasteiger partial charge < -0.3 is 0 Å². The smallest absolute Gasteiger partial charge is 0.0598 e. The summed E-state index contributed by atoms with van der Waals surface area (Å²) < 4.78 is 0. The number of hydrazone groups is 1. The Bertz CT molecular complexity index is 708. The van der Waals surface area contributed by atoms with Crippen molar-refractivity contribution < 1.29 is 0 Å². The average molecular weight is 399 g/mol. The minimum absolute atomic E-state index is 0. The Morgan fingerprint density at radius 1 is 0.960 bits per heavy atom. The predicted octanol–water partition coefficient (Wildman–Crippen LogP) is 4.88. The zero-order chi connectivity index (χ0) is 16.9. The molecule has 1 heterocycles. The van der Waals surface area contributed by atoms with Gasteiger partial charge in [0.15, 0.2) is 0 Å². The Kier molecular flexibility index (Phi) is 7.57. The van der Waals surface area contributed by atoms with E-state index in [4.69, 9.17) is 23.2 Å². The summed E-state index contributed by atoms with van der Waals surface area (Å²) in [5, 5.41) is 7.79. The number of hydrogen-bond donors (Lipinski definition) is 0. The Labute approximate surface area is 165 Å². The first-order chi connectivity index (χ1) is 11.6. The molecule has 0 amide bonds. The van der Waals surface area contributed by atoms with Gasteiger partial charge in [-0.3, -0.25) is 9.91 Å². The van der Waals surface area contributed by atoms with E-state index < -0.39 is 0 Å². The van der Waals surface area contributed by atoms with E-state index in [1.54, 1.807) is 6.07 Å². The summed E-state index contributed by atoms with van der Waals surface area (Å²) in [6, 6.07) is 14.3. The zero-order valence-electron chi connectivity index (χ0n) is 14.2. The molecule has 6 heteroatoms. The number of piperazine rings is 1. The van der Waals surface area contributed by atoms with Crippen LogP contribution in [0.5, 0.6) is 0 Å². The van der Waals surface area contributed by atoms with Crippen LogP contribution in [0.15, 0.2) is 47.6 Å². The standard InChI is InChI=1S/C19H21Cl2N3.ClH/c1-15-2-4-16(5-3-15)14-23-8-10-24(11-9-23)22-13-17-6-7-18(20)19(21)12-17;/h2-7,12-13H,8-11,14H2,1H3;1H/b22-13+;. The molecule has 2 aromatic rings. The van der Waals surface area contributed by atoms with E-state index in [-0.39, 0.29) is 12.4 Å². The van der Waals surface area contributed by atoms with Gasteiger partial charge in [-0.1, -0.05) is 59.1 Å². The van der Waals surface area contributed by atoms with Crippen LogP contribution < -0.4 is 0 Å². The molecule has 25 heavy (non-hydrogen) atoms. The van der Waals surface area contributed by atoms with Crippen LogP contribution in [0.1, 0.15) is 16.7 Å². The lowest BCUT2D eigenvalue weighted by Gasteiger charge is -2.33. The molecule has 0 aliphatic carbocycles. The summed E-state index contributed by atoms with van der Waals surface area (Å²) in [7, 11) is 0. The highest BCUT2D eigenvalue weighted by Gasteiger charge is 2.15. The van der Waals surface area contributed by atoms with Gasteiger partial charge >= 0.3 is 0 Å². The van der Waals surface area contributed by atoms with E-state index in [2.05, 4.69) is 46.2 Å². The molecule has 134 valence electrons. The van der Waals surface area contributed by atoms with Crippen molar-refractivity contribution in [1.82, 2.24) is 9.91 Å². The maximum atomic E-state index is 6.03. The minimum atomic E-state index is 0. The van der Waals surface area contributed by atoms with Gasteiger partial charge in [0.25, 0.3) is 0 Å². The number of benzene rings is 2. The van der Waals surface area contributed by atoms with Crippen molar-refractivity contribution in [2.24, 2.45) is 5.10 Å². The van der Waals surface area contributed by atoms with Gasteiger partial charge in [0.1, 0.15) is 0 Å². The molecule has 3 rings (SSSR count). The normalized spacial score (nSPS) is 15.4. The van der Waals surface area contributed by atoms with Crippen LogP contribution >= 0.6 is 35.6 Å². The first kappa shape index (κ1) is 20.1. The lowest BCUT2D eigenvalue weighted by atomic mass is 10.1. The highest BCUT2D eigenvalue weighted by atomic mass is 35.5. The second kappa shape index (κ2) is 9.44. The van der Waals surface area contributed by atoms with Crippen LogP contribution in [-0.4, -0.2) is 42.3 Å². The van der Waals surface area contributed by atoms with Crippen molar-refractivity contribution in [3.05, 3.63) is 69.2 Å². The molecule has 1 aliphatic rings. The largest absolute Gasteiger partial charge is 0.295 e. The van der Waals surface area contributed by atoms with E-state index in [0.717, 1.165) is 38.3 Å². The van der Waals surface area contributed by atoms with E-state index in [0.29, 0.717) is 10.0 Å². The topological polar surface area (TPSA) is 18.8 Å². The Morgan fingerprint density at radius 3 is 2.28 bits per heavy atom. The van der Waals surface area contributed by atoms with Crippen molar-refractivity contribution >= 4 is 41.8 Å². The first-order valence-electron chi connectivity index (χ1n) is 8.12. The fraction of sp³-hybridized carbons (Fsp3) is 0.316. The first-order valence-corrected chi connectivity index (χ1v) is 8.87. The summed E-state index contributed by atoms with van der Waals surface area (Å²) in [5.74, 6) is 0. The predicted molar refractivity (Wildman–Crippen MR) is 109 cm³/mol. The number of halogens is 3. The molecule has 1 aliphatic heterocycles. The van der Waals surface area contributed by atoms with Gasteiger partial charge in [0.2, 0.25) is 0 Å². The number of nitrogens with zero attached hydrogens (tertiary/aromatic N) is 3. The quantitative estimate of drug-likeness (QED) is 0.684. The summed E-state index contributed by atoms with van der Waals surface area (Å²) in [5.41, 5.74) is 3.64. The van der Waals surface area contributed by atoms with Crippen LogP contribution in [-0.2, 0) is 6.54 Å². The molecule has 0 saturated carbocycles. The van der Waals surface area contributed by atoms with Crippen LogP contribution in [0.3, 0.4) is 0 Å². The molecule has 1 saturated heterocycles. The van der Waals surface area contributed by atoms with E-state index >= 15 is 0 Å². The highest BCUT2D eigenvalue weighted by Crippen LogP contribution is 2.21. The third-order valence-corrected chi connectivity index (χ3v) is 4.93. The van der Waals surface area contributed by atoms with Gasteiger partial charge in [-0.25, -0.2) is 0 Å². The van der Waals surface area contributed by atoms with Crippen molar-refractivity contribution in [1.29, 1.82) is 0 Å². The molecular formula is C19H22Cl3N3. The molecule has 0 radical (unpaired) electrons. The average Bonchev–Trinajstić information content (AvgIpc) is 2.59. The molecule has 0 N–H and O–H groups in total. The van der Waals surface area contributed by atoms with Gasteiger partial charge in [-0.2, -0.15) is 5.10 Å². The van der Waals surface area contributed by atoms with Gasteiger partial charge in [0.05, 0.1) is 16.3 Å². The second-order valence-electron chi connectivity index (χ2n) is 6.13. The lowest BCUT2D eigenvalue weighted by molar-refractivity contribution is 0.131. The van der Waals surface area contributed by atoms with E-state index in [1.165, 1.54) is 11.1 Å². The Morgan fingerprint density at radius 2 is 1.64 bits per heavy atom. The van der Waals surface area contributed by atoms with Crippen molar-refractivity contribution in [3.63, 3.8) is 0 Å². The Hall–Kier alpha value is -1.26. The number of hydrogen-bond acceptors (Lipinski definition) is 3. The minimum Gasteiger partial charge on any atom is -0.295 e.